The van der Waals surface area contributed by atoms with E-state index in [1.807, 2.05) is 17.8 Å². The summed E-state index contributed by atoms with van der Waals surface area (Å²) in [5.74, 6) is -0.231. The topological polar surface area (TPSA) is 29.9 Å². The van der Waals surface area contributed by atoms with Gasteiger partial charge >= 0.3 is 0 Å². The number of halogens is 2. The highest BCUT2D eigenvalue weighted by Crippen LogP contribution is 2.23. The van der Waals surface area contributed by atoms with E-state index in [0.29, 0.717) is 4.47 Å². The lowest BCUT2D eigenvalue weighted by molar-refractivity contribution is 0.535. The predicted molar refractivity (Wildman–Crippen MR) is 86.9 cm³/mol. The number of likely N-dealkylation sites (N-methyl/N-ethyl adjacent to an activating group) is 1. The molecule has 0 bridgehead atoms. The predicted octanol–water partition coefficient (Wildman–Crippen LogP) is 3.87. The first-order valence-corrected chi connectivity index (χ1v) is 8.06. The van der Waals surface area contributed by atoms with E-state index in [-0.39, 0.29) is 11.9 Å². The van der Waals surface area contributed by atoms with Crippen molar-refractivity contribution >= 4 is 15.9 Å². The molecule has 3 nitrogen and oxygen atoms in total. The van der Waals surface area contributed by atoms with Gasteiger partial charge in [-0.2, -0.15) is 5.10 Å². The molecule has 0 aliphatic rings. The van der Waals surface area contributed by atoms with Gasteiger partial charge in [0.1, 0.15) is 5.82 Å². The summed E-state index contributed by atoms with van der Waals surface area (Å²) in [5, 5.41) is 7.84. The summed E-state index contributed by atoms with van der Waals surface area (Å²) < 4.78 is 16.2. The highest BCUT2D eigenvalue weighted by Gasteiger charge is 2.15. The Morgan fingerprint density at radius 3 is 2.67 bits per heavy atom. The van der Waals surface area contributed by atoms with Gasteiger partial charge in [-0.3, -0.25) is 4.68 Å². The Morgan fingerprint density at radius 1 is 1.33 bits per heavy atom. The van der Waals surface area contributed by atoms with Gasteiger partial charge in [0.2, 0.25) is 0 Å². The normalized spacial score (nSPS) is 12.6. The van der Waals surface area contributed by atoms with Crippen molar-refractivity contribution in [2.24, 2.45) is 0 Å². The quantitative estimate of drug-likeness (QED) is 0.854. The third-order valence-electron chi connectivity index (χ3n) is 3.68. The van der Waals surface area contributed by atoms with Crippen molar-refractivity contribution in [3.05, 3.63) is 51.5 Å². The SMILES string of the molecule is CCc1cc(CC(NC)c2ccc(Br)c(F)c2)n(CC)n1. The van der Waals surface area contributed by atoms with Crippen LogP contribution in [-0.4, -0.2) is 16.8 Å². The fraction of sp³-hybridized carbons (Fsp3) is 0.438. The Hall–Kier alpha value is -1.20. The van der Waals surface area contributed by atoms with E-state index in [9.17, 15) is 4.39 Å². The lowest BCUT2D eigenvalue weighted by atomic mass is 10.0. The summed E-state index contributed by atoms with van der Waals surface area (Å²) in [7, 11) is 1.90. The van der Waals surface area contributed by atoms with Gasteiger partial charge in [0.15, 0.2) is 0 Å². The minimum Gasteiger partial charge on any atom is -0.313 e. The third kappa shape index (κ3) is 3.71. The molecule has 21 heavy (non-hydrogen) atoms. The maximum Gasteiger partial charge on any atom is 0.137 e. The van der Waals surface area contributed by atoms with Crippen molar-refractivity contribution in [2.75, 3.05) is 7.05 Å². The summed E-state index contributed by atoms with van der Waals surface area (Å²) in [4.78, 5) is 0. The summed E-state index contributed by atoms with van der Waals surface area (Å²) in [6.45, 7) is 5.04. The van der Waals surface area contributed by atoms with Crippen molar-refractivity contribution < 1.29 is 4.39 Å². The number of aromatic nitrogens is 2. The molecular weight excluding hydrogens is 333 g/mol. The van der Waals surface area contributed by atoms with E-state index in [4.69, 9.17) is 0 Å². The number of aryl methyl sites for hydroxylation is 2. The Morgan fingerprint density at radius 2 is 2.10 bits per heavy atom. The van der Waals surface area contributed by atoms with Crippen molar-refractivity contribution in [3.8, 4) is 0 Å². The zero-order chi connectivity index (χ0) is 15.4. The lowest BCUT2D eigenvalue weighted by Gasteiger charge is -2.17. The molecule has 2 rings (SSSR count). The molecule has 5 heteroatoms. The molecule has 0 saturated heterocycles. The van der Waals surface area contributed by atoms with Gasteiger partial charge < -0.3 is 5.32 Å². The second kappa shape index (κ2) is 7.18. The first-order valence-electron chi connectivity index (χ1n) is 7.26. The van der Waals surface area contributed by atoms with Crippen LogP contribution >= 0.6 is 15.9 Å². The molecule has 1 aromatic carbocycles. The molecule has 114 valence electrons. The fourth-order valence-corrected chi connectivity index (χ4v) is 2.70. The number of rotatable bonds is 6. The number of nitrogens with one attached hydrogen (secondary N) is 1. The third-order valence-corrected chi connectivity index (χ3v) is 4.33. The van der Waals surface area contributed by atoms with E-state index >= 15 is 0 Å². The van der Waals surface area contributed by atoms with Crippen LogP contribution in [0.3, 0.4) is 0 Å². The van der Waals surface area contributed by atoms with E-state index < -0.39 is 0 Å². The smallest absolute Gasteiger partial charge is 0.137 e. The van der Waals surface area contributed by atoms with Crippen LogP contribution in [0.5, 0.6) is 0 Å². The van der Waals surface area contributed by atoms with Gasteiger partial charge in [-0.05, 0) is 60.1 Å². The van der Waals surface area contributed by atoms with Crippen molar-refractivity contribution in [1.82, 2.24) is 15.1 Å². The molecule has 0 fully saturated rings. The summed E-state index contributed by atoms with van der Waals surface area (Å²) >= 11 is 3.19. The maximum atomic E-state index is 13.7. The summed E-state index contributed by atoms with van der Waals surface area (Å²) in [6.07, 6.45) is 1.72. The van der Waals surface area contributed by atoms with Crippen LogP contribution < -0.4 is 5.32 Å². The Bertz CT molecular complexity index is 610. The van der Waals surface area contributed by atoms with E-state index in [1.54, 1.807) is 12.1 Å². The van der Waals surface area contributed by atoms with E-state index in [0.717, 1.165) is 30.6 Å². The minimum atomic E-state index is -0.231. The zero-order valence-corrected chi connectivity index (χ0v) is 14.2. The zero-order valence-electron chi connectivity index (χ0n) is 12.7. The maximum absolute atomic E-state index is 13.7. The summed E-state index contributed by atoms with van der Waals surface area (Å²) in [6, 6.07) is 7.49. The van der Waals surface area contributed by atoms with Gasteiger partial charge in [0.05, 0.1) is 10.2 Å². The summed E-state index contributed by atoms with van der Waals surface area (Å²) in [5.41, 5.74) is 3.22. The van der Waals surface area contributed by atoms with Gasteiger partial charge in [0, 0.05) is 24.7 Å². The van der Waals surface area contributed by atoms with Crippen LogP contribution in [0.1, 0.15) is 36.8 Å². The highest BCUT2D eigenvalue weighted by atomic mass is 79.9. The van der Waals surface area contributed by atoms with Crippen LogP contribution in [0, 0.1) is 5.82 Å². The number of benzene rings is 1. The number of hydrogen-bond donors (Lipinski definition) is 1. The molecule has 0 radical (unpaired) electrons. The Kier molecular flexibility index (Phi) is 5.53. The van der Waals surface area contributed by atoms with Crippen LogP contribution in [0.15, 0.2) is 28.7 Å². The number of nitrogens with zero attached hydrogens (tertiary/aromatic N) is 2. The van der Waals surface area contributed by atoms with E-state index in [1.165, 1.54) is 5.69 Å². The van der Waals surface area contributed by atoms with Crippen LogP contribution in [0.2, 0.25) is 0 Å². The first kappa shape index (κ1) is 16.2. The minimum absolute atomic E-state index is 0.0688. The van der Waals surface area contributed by atoms with Crippen molar-refractivity contribution in [3.63, 3.8) is 0 Å². The highest BCUT2D eigenvalue weighted by molar-refractivity contribution is 9.10. The molecule has 1 heterocycles. The van der Waals surface area contributed by atoms with Crippen molar-refractivity contribution in [2.45, 2.75) is 39.3 Å². The Balaban J connectivity index is 2.26. The number of hydrogen-bond acceptors (Lipinski definition) is 2. The molecule has 0 amide bonds. The van der Waals surface area contributed by atoms with Crippen LogP contribution in [0.25, 0.3) is 0 Å². The molecule has 0 spiro atoms. The standard InChI is InChI=1S/C16H21BrFN3/c1-4-12-9-13(21(5-2)20-12)10-16(19-3)11-6-7-14(17)15(18)8-11/h6-9,16,19H,4-5,10H2,1-3H3. The van der Waals surface area contributed by atoms with Gasteiger partial charge in [-0.25, -0.2) is 4.39 Å². The largest absolute Gasteiger partial charge is 0.313 e. The molecule has 1 N–H and O–H groups in total. The Labute approximate surface area is 133 Å². The molecule has 1 aromatic heterocycles. The lowest BCUT2D eigenvalue weighted by Crippen LogP contribution is -2.20. The molecule has 0 aliphatic carbocycles. The fourth-order valence-electron chi connectivity index (χ4n) is 2.45. The average molecular weight is 354 g/mol. The monoisotopic (exact) mass is 353 g/mol. The molecule has 1 atom stereocenters. The second-order valence-electron chi connectivity index (χ2n) is 5.02. The molecule has 2 aromatic rings. The first-order chi connectivity index (χ1) is 10.1. The van der Waals surface area contributed by atoms with Gasteiger partial charge in [-0.1, -0.05) is 13.0 Å². The van der Waals surface area contributed by atoms with Gasteiger partial charge in [0.25, 0.3) is 0 Å². The van der Waals surface area contributed by atoms with Gasteiger partial charge in [-0.15, -0.1) is 0 Å². The molecular formula is C16H21BrFN3. The molecule has 0 aliphatic heterocycles. The molecule has 0 saturated carbocycles. The van der Waals surface area contributed by atoms with Crippen molar-refractivity contribution in [1.29, 1.82) is 0 Å². The van der Waals surface area contributed by atoms with Crippen LogP contribution in [-0.2, 0) is 19.4 Å². The second-order valence-corrected chi connectivity index (χ2v) is 5.87. The van der Waals surface area contributed by atoms with E-state index in [2.05, 4.69) is 46.3 Å². The average Bonchev–Trinajstić information content (AvgIpc) is 2.90. The van der Waals surface area contributed by atoms with Crippen LogP contribution in [0.4, 0.5) is 4.39 Å². The molecule has 1 unspecified atom stereocenters.